The predicted molar refractivity (Wildman–Crippen MR) is 250 cm³/mol. The summed E-state index contributed by atoms with van der Waals surface area (Å²) in [5, 5.41) is 7.47. The standard InChI is InChI=1S/C54H33NOS2/c1-2-13-39(14-3-1)55(40-25-21-34(22-26-40)37-24-28-45-44-16-5-8-19-50(44)57-52(45)33-37)47-30-29-41(54-53(47)46-17-6-9-20-51(46)58-54)38-12-10-11-35(31-38)36-23-27-43-42-15-4-7-18-48(42)56-49(43)32-36/h1-33H. The van der Waals surface area contributed by atoms with Crippen molar-refractivity contribution >= 4 is 102 Å². The molecule has 3 heterocycles. The van der Waals surface area contributed by atoms with Gasteiger partial charge in [-0.25, -0.2) is 0 Å². The van der Waals surface area contributed by atoms with Gasteiger partial charge in [-0.05, 0) is 106 Å². The van der Waals surface area contributed by atoms with Crippen molar-refractivity contribution in [3.8, 4) is 33.4 Å². The summed E-state index contributed by atoms with van der Waals surface area (Å²) in [6.45, 7) is 0. The Morgan fingerprint density at radius 1 is 0.345 bits per heavy atom. The highest BCUT2D eigenvalue weighted by molar-refractivity contribution is 7.26. The van der Waals surface area contributed by atoms with E-state index in [1.165, 1.54) is 62.6 Å². The molecular weight excluding hydrogens is 743 g/mol. The summed E-state index contributed by atoms with van der Waals surface area (Å²) in [5.41, 5.74) is 12.4. The van der Waals surface area contributed by atoms with Crippen LogP contribution in [-0.4, -0.2) is 0 Å². The molecule has 272 valence electrons. The van der Waals surface area contributed by atoms with Gasteiger partial charge in [0.2, 0.25) is 0 Å². The van der Waals surface area contributed by atoms with Gasteiger partial charge < -0.3 is 9.32 Å². The third kappa shape index (κ3) is 5.37. The molecule has 0 spiro atoms. The number of anilines is 3. The van der Waals surface area contributed by atoms with Crippen LogP contribution in [0.25, 0.3) is 95.7 Å². The van der Waals surface area contributed by atoms with Gasteiger partial charge in [0.05, 0.1) is 5.69 Å². The van der Waals surface area contributed by atoms with E-state index in [4.69, 9.17) is 4.42 Å². The molecule has 0 saturated heterocycles. The number of furan rings is 1. The molecule has 0 radical (unpaired) electrons. The van der Waals surface area contributed by atoms with Gasteiger partial charge in [-0.1, -0.05) is 127 Å². The van der Waals surface area contributed by atoms with Crippen molar-refractivity contribution < 1.29 is 4.42 Å². The molecule has 9 aromatic carbocycles. The summed E-state index contributed by atoms with van der Waals surface area (Å²) in [4.78, 5) is 2.42. The highest BCUT2D eigenvalue weighted by Crippen LogP contribution is 2.49. The Labute approximate surface area is 343 Å². The molecule has 4 heteroatoms. The maximum absolute atomic E-state index is 6.28. The van der Waals surface area contributed by atoms with Gasteiger partial charge in [-0.3, -0.25) is 0 Å². The Hall–Kier alpha value is -6.98. The molecule has 0 aliphatic heterocycles. The van der Waals surface area contributed by atoms with Crippen LogP contribution in [0, 0.1) is 0 Å². The number of hydrogen-bond acceptors (Lipinski definition) is 4. The molecule has 0 fully saturated rings. The van der Waals surface area contributed by atoms with Crippen LogP contribution in [-0.2, 0) is 0 Å². The lowest BCUT2D eigenvalue weighted by Gasteiger charge is -2.27. The quantitative estimate of drug-likeness (QED) is 0.167. The fourth-order valence-corrected chi connectivity index (χ4v) is 11.1. The monoisotopic (exact) mass is 775 g/mol. The minimum absolute atomic E-state index is 0.909. The van der Waals surface area contributed by atoms with E-state index in [1.54, 1.807) is 0 Å². The lowest BCUT2D eigenvalue weighted by atomic mass is 9.96. The Kier molecular flexibility index (Phi) is 7.62. The van der Waals surface area contributed by atoms with Crippen molar-refractivity contribution in [2.24, 2.45) is 0 Å². The number of nitrogens with zero attached hydrogens (tertiary/aromatic N) is 1. The molecule has 0 unspecified atom stereocenters. The highest BCUT2D eigenvalue weighted by Gasteiger charge is 2.21. The largest absolute Gasteiger partial charge is 0.456 e. The van der Waals surface area contributed by atoms with Crippen LogP contribution in [0.1, 0.15) is 0 Å². The van der Waals surface area contributed by atoms with Gasteiger partial charge in [-0.2, -0.15) is 0 Å². The molecule has 12 rings (SSSR count). The number of rotatable bonds is 6. The SMILES string of the molecule is c1ccc(N(c2ccc(-c3ccc4c(c3)sc3ccccc34)cc2)c2ccc(-c3cccc(-c4ccc5c(c4)oc4ccccc45)c3)c3sc4ccccc4c23)cc1. The number of hydrogen-bond donors (Lipinski definition) is 0. The van der Waals surface area contributed by atoms with Crippen LogP contribution in [0.2, 0.25) is 0 Å². The number of thiophene rings is 2. The normalized spacial score (nSPS) is 11.8. The molecule has 0 aliphatic rings. The second kappa shape index (κ2) is 13.3. The van der Waals surface area contributed by atoms with Gasteiger partial charge in [0.25, 0.3) is 0 Å². The highest BCUT2D eigenvalue weighted by atomic mass is 32.1. The molecule has 0 aliphatic carbocycles. The molecular formula is C54H33NOS2. The van der Waals surface area contributed by atoms with Crippen molar-refractivity contribution in [2.45, 2.75) is 0 Å². The van der Waals surface area contributed by atoms with Crippen LogP contribution >= 0.6 is 22.7 Å². The first-order chi connectivity index (χ1) is 28.7. The van der Waals surface area contributed by atoms with Gasteiger partial charge in [0, 0.05) is 62.5 Å². The summed E-state index contributed by atoms with van der Waals surface area (Å²) < 4.78 is 11.5. The minimum Gasteiger partial charge on any atom is -0.456 e. The summed E-state index contributed by atoms with van der Waals surface area (Å²) in [6, 6.07) is 72.7. The fraction of sp³-hybridized carbons (Fsp3) is 0. The van der Waals surface area contributed by atoms with Crippen LogP contribution in [0.5, 0.6) is 0 Å². The number of benzene rings is 9. The average molecular weight is 776 g/mol. The maximum atomic E-state index is 6.28. The Bertz CT molecular complexity index is 3520. The number of para-hydroxylation sites is 2. The van der Waals surface area contributed by atoms with Crippen molar-refractivity contribution in [3.63, 3.8) is 0 Å². The smallest absolute Gasteiger partial charge is 0.136 e. The van der Waals surface area contributed by atoms with Crippen LogP contribution in [0.3, 0.4) is 0 Å². The van der Waals surface area contributed by atoms with E-state index in [2.05, 4.69) is 193 Å². The maximum Gasteiger partial charge on any atom is 0.136 e. The third-order valence-electron chi connectivity index (χ3n) is 11.5. The lowest BCUT2D eigenvalue weighted by molar-refractivity contribution is 0.669. The second-order valence-electron chi connectivity index (χ2n) is 14.9. The first-order valence-electron chi connectivity index (χ1n) is 19.6. The number of fused-ring (bicyclic) bond motifs is 9. The van der Waals surface area contributed by atoms with Crippen LogP contribution in [0.15, 0.2) is 205 Å². The summed E-state index contributed by atoms with van der Waals surface area (Å²) in [7, 11) is 0. The second-order valence-corrected chi connectivity index (χ2v) is 17.0. The lowest BCUT2D eigenvalue weighted by Crippen LogP contribution is -2.10. The van der Waals surface area contributed by atoms with E-state index >= 15 is 0 Å². The average Bonchev–Trinajstić information content (AvgIpc) is 3.98. The van der Waals surface area contributed by atoms with Crippen molar-refractivity contribution in [2.75, 3.05) is 4.90 Å². The van der Waals surface area contributed by atoms with Crippen molar-refractivity contribution in [3.05, 3.63) is 200 Å². The molecule has 3 aromatic heterocycles. The first-order valence-corrected chi connectivity index (χ1v) is 21.2. The van der Waals surface area contributed by atoms with Crippen molar-refractivity contribution in [1.82, 2.24) is 0 Å². The van der Waals surface area contributed by atoms with Gasteiger partial charge in [0.15, 0.2) is 0 Å². The molecule has 0 saturated carbocycles. The van der Waals surface area contributed by atoms with Gasteiger partial charge in [0.1, 0.15) is 11.2 Å². The van der Waals surface area contributed by atoms with E-state index in [0.717, 1.165) is 50.1 Å². The zero-order chi connectivity index (χ0) is 38.2. The van der Waals surface area contributed by atoms with Gasteiger partial charge >= 0.3 is 0 Å². The van der Waals surface area contributed by atoms with E-state index in [-0.39, 0.29) is 0 Å². The van der Waals surface area contributed by atoms with Crippen molar-refractivity contribution in [1.29, 1.82) is 0 Å². The minimum atomic E-state index is 0.909. The Balaban J connectivity index is 0.980. The van der Waals surface area contributed by atoms with Crippen LogP contribution < -0.4 is 4.90 Å². The predicted octanol–water partition coefficient (Wildman–Crippen LogP) is 16.8. The molecule has 58 heavy (non-hydrogen) atoms. The third-order valence-corrected chi connectivity index (χ3v) is 13.8. The topological polar surface area (TPSA) is 16.4 Å². The molecule has 0 atom stereocenters. The van der Waals surface area contributed by atoms with E-state index in [9.17, 15) is 0 Å². The summed E-state index contributed by atoms with van der Waals surface area (Å²) in [6.07, 6.45) is 0. The Morgan fingerprint density at radius 3 is 1.79 bits per heavy atom. The Morgan fingerprint density at radius 2 is 0.948 bits per heavy atom. The molecule has 2 nitrogen and oxygen atoms in total. The summed E-state index contributed by atoms with van der Waals surface area (Å²) >= 11 is 3.74. The van der Waals surface area contributed by atoms with E-state index in [0.29, 0.717) is 0 Å². The molecule has 12 aromatic rings. The zero-order valence-electron chi connectivity index (χ0n) is 31.2. The van der Waals surface area contributed by atoms with Gasteiger partial charge in [-0.15, -0.1) is 22.7 Å². The van der Waals surface area contributed by atoms with E-state index in [1.807, 2.05) is 34.8 Å². The fourth-order valence-electron chi connectivity index (χ4n) is 8.71. The summed E-state index contributed by atoms with van der Waals surface area (Å²) in [5.74, 6) is 0. The molecule has 0 N–H and O–H groups in total. The van der Waals surface area contributed by atoms with E-state index < -0.39 is 0 Å². The van der Waals surface area contributed by atoms with Crippen LogP contribution in [0.4, 0.5) is 17.1 Å². The zero-order valence-corrected chi connectivity index (χ0v) is 32.9. The molecule has 0 bridgehead atoms. The molecule has 0 amide bonds. The first kappa shape index (κ1) is 33.2.